The minimum Gasteiger partial charge on any atom is -0.389 e. The molecule has 100 valence electrons. The van der Waals surface area contributed by atoms with Gasteiger partial charge in [-0.1, -0.05) is 12.1 Å². The summed E-state index contributed by atoms with van der Waals surface area (Å²) < 4.78 is 0. The van der Waals surface area contributed by atoms with E-state index in [1.54, 1.807) is 37.4 Å². The van der Waals surface area contributed by atoms with E-state index >= 15 is 0 Å². The number of rotatable bonds is 3. The lowest BCUT2D eigenvalue weighted by atomic mass is 10.1. The largest absolute Gasteiger partial charge is 0.389 e. The molecule has 0 aliphatic heterocycles. The summed E-state index contributed by atoms with van der Waals surface area (Å²) in [5, 5.41) is 15.3. The summed E-state index contributed by atoms with van der Waals surface area (Å²) in [6.07, 6.45) is 1.19. The Kier molecular flexibility index (Phi) is 4.13. The normalized spacial score (nSPS) is 11.9. The minimum absolute atomic E-state index is 0.334. The van der Waals surface area contributed by atoms with Gasteiger partial charge in [0, 0.05) is 16.8 Å². The van der Waals surface area contributed by atoms with E-state index in [1.165, 1.54) is 11.3 Å². The van der Waals surface area contributed by atoms with E-state index < -0.39 is 6.10 Å². The number of amides is 2. The number of thiazole rings is 1. The van der Waals surface area contributed by atoms with Gasteiger partial charge < -0.3 is 10.4 Å². The molecule has 1 atom stereocenters. The predicted octanol–water partition coefficient (Wildman–Crippen LogP) is 3.15. The molecule has 1 aromatic carbocycles. The van der Waals surface area contributed by atoms with Gasteiger partial charge in [-0.2, -0.15) is 0 Å². The number of carbonyl (C=O) groups is 1. The number of carbonyl (C=O) groups excluding carboxylic acids is 1. The van der Waals surface area contributed by atoms with Gasteiger partial charge in [0.2, 0.25) is 0 Å². The van der Waals surface area contributed by atoms with Crippen molar-refractivity contribution in [3.8, 4) is 0 Å². The number of nitrogens with zero attached hydrogens (tertiary/aromatic N) is 1. The van der Waals surface area contributed by atoms with E-state index in [4.69, 9.17) is 0 Å². The molecule has 5 nitrogen and oxygen atoms in total. The summed E-state index contributed by atoms with van der Waals surface area (Å²) >= 11 is 1.42. The maximum atomic E-state index is 11.7. The maximum absolute atomic E-state index is 11.7. The Morgan fingerprint density at radius 1 is 1.32 bits per heavy atom. The monoisotopic (exact) mass is 277 g/mol. The van der Waals surface area contributed by atoms with Crippen molar-refractivity contribution in [3.05, 3.63) is 40.9 Å². The van der Waals surface area contributed by atoms with E-state index in [9.17, 15) is 9.90 Å². The third-order valence-corrected chi connectivity index (χ3v) is 3.32. The number of aliphatic hydroxyl groups excluding tert-OH is 1. The Morgan fingerprint density at radius 3 is 2.53 bits per heavy atom. The number of aromatic nitrogens is 1. The van der Waals surface area contributed by atoms with Crippen LogP contribution in [0.5, 0.6) is 0 Å². The highest BCUT2D eigenvalue weighted by Crippen LogP contribution is 2.18. The van der Waals surface area contributed by atoms with Crippen LogP contribution in [0.2, 0.25) is 0 Å². The molecule has 2 rings (SSSR count). The molecule has 1 unspecified atom stereocenters. The van der Waals surface area contributed by atoms with Gasteiger partial charge in [0.15, 0.2) is 5.13 Å². The van der Waals surface area contributed by atoms with E-state index in [-0.39, 0.29) is 6.03 Å². The molecule has 0 aliphatic rings. The average Bonchev–Trinajstić information content (AvgIpc) is 2.75. The Balaban J connectivity index is 1.95. The van der Waals surface area contributed by atoms with Crippen molar-refractivity contribution in [2.75, 3.05) is 10.6 Å². The molecular weight excluding hydrogens is 262 g/mol. The second-order valence-corrected chi connectivity index (χ2v) is 5.39. The van der Waals surface area contributed by atoms with Crippen molar-refractivity contribution in [1.29, 1.82) is 0 Å². The average molecular weight is 277 g/mol. The van der Waals surface area contributed by atoms with Crippen molar-refractivity contribution in [2.24, 2.45) is 0 Å². The highest BCUT2D eigenvalue weighted by Gasteiger charge is 2.06. The van der Waals surface area contributed by atoms with Crippen LogP contribution in [0.1, 0.15) is 23.5 Å². The summed E-state index contributed by atoms with van der Waals surface area (Å²) in [5.41, 5.74) is 1.47. The van der Waals surface area contributed by atoms with Crippen LogP contribution in [0.4, 0.5) is 15.6 Å². The number of hydrogen-bond acceptors (Lipinski definition) is 4. The smallest absolute Gasteiger partial charge is 0.325 e. The number of hydrogen-bond donors (Lipinski definition) is 3. The van der Waals surface area contributed by atoms with Gasteiger partial charge in [-0.25, -0.2) is 9.78 Å². The van der Waals surface area contributed by atoms with Crippen LogP contribution in [-0.4, -0.2) is 16.1 Å². The fraction of sp³-hybridized carbons (Fsp3) is 0.231. The van der Waals surface area contributed by atoms with Gasteiger partial charge in [0.05, 0.1) is 6.10 Å². The minimum atomic E-state index is -0.513. The highest BCUT2D eigenvalue weighted by atomic mass is 32.1. The van der Waals surface area contributed by atoms with E-state index in [0.717, 1.165) is 10.4 Å². The van der Waals surface area contributed by atoms with Crippen molar-refractivity contribution in [1.82, 2.24) is 4.98 Å². The third kappa shape index (κ3) is 3.77. The standard InChI is InChI=1S/C13H15N3O2S/c1-8-7-14-13(19-8)16-12(18)15-11-5-3-10(4-6-11)9(2)17/h3-7,9,17H,1-2H3,(H2,14,15,16,18). The van der Waals surface area contributed by atoms with Crippen molar-refractivity contribution < 1.29 is 9.90 Å². The van der Waals surface area contributed by atoms with Crippen LogP contribution >= 0.6 is 11.3 Å². The van der Waals surface area contributed by atoms with E-state index in [2.05, 4.69) is 15.6 Å². The molecule has 0 fully saturated rings. The lowest BCUT2D eigenvalue weighted by molar-refractivity contribution is 0.199. The molecule has 1 heterocycles. The van der Waals surface area contributed by atoms with Gasteiger partial charge in [-0.05, 0) is 31.5 Å². The molecule has 19 heavy (non-hydrogen) atoms. The van der Waals surface area contributed by atoms with Gasteiger partial charge in [-0.15, -0.1) is 11.3 Å². The molecule has 0 spiro atoms. The van der Waals surface area contributed by atoms with E-state index in [0.29, 0.717) is 10.8 Å². The van der Waals surface area contributed by atoms with Gasteiger partial charge in [0.1, 0.15) is 0 Å². The topological polar surface area (TPSA) is 74.2 Å². The number of anilines is 2. The fourth-order valence-corrected chi connectivity index (χ4v) is 2.18. The highest BCUT2D eigenvalue weighted by molar-refractivity contribution is 7.15. The van der Waals surface area contributed by atoms with Crippen LogP contribution in [0.15, 0.2) is 30.5 Å². The zero-order valence-corrected chi connectivity index (χ0v) is 11.5. The van der Waals surface area contributed by atoms with E-state index in [1.807, 2.05) is 6.92 Å². The van der Waals surface area contributed by atoms with Crippen LogP contribution < -0.4 is 10.6 Å². The molecule has 1 aromatic heterocycles. The molecule has 3 N–H and O–H groups in total. The van der Waals surface area contributed by atoms with Gasteiger partial charge in [0.25, 0.3) is 0 Å². The zero-order valence-electron chi connectivity index (χ0n) is 10.7. The van der Waals surface area contributed by atoms with Crippen molar-refractivity contribution >= 4 is 28.2 Å². The van der Waals surface area contributed by atoms with Crippen LogP contribution in [-0.2, 0) is 0 Å². The summed E-state index contributed by atoms with van der Waals surface area (Å²) in [7, 11) is 0. The second kappa shape index (κ2) is 5.81. The molecule has 0 saturated heterocycles. The zero-order chi connectivity index (χ0) is 13.8. The summed E-state index contributed by atoms with van der Waals surface area (Å²) in [4.78, 5) is 16.8. The predicted molar refractivity (Wildman–Crippen MR) is 76.6 cm³/mol. The SMILES string of the molecule is Cc1cnc(NC(=O)Nc2ccc(C(C)O)cc2)s1. The Hall–Kier alpha value is -1.92. The molecule has 0 radical (unpaired) electrons. The molecule has 0 saturated carbocycles. The fourth-order valence-electron chi connectivity index (χ4n) is 1.52. The quantitative estimate of drug-likeness (QED) is 0.806. The first kappa shape index (κ1) is 13.5. The molecule has 0 aliphatic carbocycles. The number of nitrogens with one attached hydrogen (secondary N) is 2. The van der Waals surface area contributed by atoms with Crippen molar-refractivity contribution in [2.45, 2.75) is 20.0 Å². The number of aryl methyl sites for hydroxylation is 1. The van der Waals surface area contributed by atoms with Gasteiger partial charge >= 0.3 is 6.03 Å². The first-order valence-corrected chi connectivity index (χ1v) is 6.64. The van der Waals surface area contributed by atoms with Crippen LogP contribution in [0, 0.1) is 6.92 Å². The Bertz CT molecular complexity index is 564. The van der Waals surface area contributed by atoms with Crippen LogP contribution in [0.3, 0.4) is 0 Å². The molecular formula is C13H15N3O2S. The maximum Gasteiger partial charge on any atom is 0.325 e. The van der Waals surface area contributed by atoms with Crippen LogP contribution in [0.25, 0.3) is 0 Å². The number of aliphatic hydroxyl groups is 1. The second-order valence-electron chi connectivity index (χ2n) is 4.15. The summed E-state index contributed by atoms with van der Waals surface area (Å²) in [5.74, 6) is 0. The molecule has 0 bridgehead atoms. The molecule has 2 aromatic rings. The summed E-state index contributed by atoms with van der Waals surface area (Å²) in [6, 6.07) is 6.70. The lowest BCUT2D eigenvalue weighted by Gasteiger charge is -2.08. The number of urea groups is 1. The first-order chi connectivity index (χ1) is 9.04. The third-order valence-electron chi connectivity index (χ3n) is 2.49. The van der Waals surface area contributed by atoms with Gasteiger partial charge in [-0.3, -0.25) is 5.32 Å². The number of benzene rings is 1. The first-order valence-electron chi connectivity index (χ1n) is 5.83. The van der Waals surface area contributed by atoms with Crippen molar-refractivity contribution in [3.63, 3.8) is 0 Å². The Labute approximate surface area is 115 Å². The molecule has 2 amide bonds. The Morgan fingerprint density at radius 2 is 2.00 bits per heavy atom. The lowest BCUT2D eigenvalue weighted by Crippen LogP contribution is -2.19. The summed E-state index contributed by atoms with van der Waals surface area (Å²) in [6.45, 7) is 3.62. The molecule has 6 heteroatoms.